The van der Waals surface area contributed by atoms with Crippen molar-refractivity contribution < 1.29 is 4.79 Å². The Balaban J connectivity index is 1.50. The molecule has 4 nitrogen and oxygen atoms in total. The molecule has 2 aliphatic carbocycles. The lowest BCUT2D eigenvalue weighted by Gasteiger charge is -2.47. The number of piperidine rings is 1. The molecule has 6 atom stereocenters. The number of nitrogens with one attached hydrogen (secondary N) is 1. The van der Waals surface area contributed by atoms with E-state index in [2.05, 4.69) is 17.3 Å². The minimum atomic E-state index is 0.135. The van der Waals surface area contributed by atoms with Crippen LogP contribution in [0.5, 0.6) is 0 Å². The van der Waals surface area contributed by atoms with Crippen molar-refractivity contribution >= 4 is 17.5 Å². The topological polar surface area (TPSA) is 58.4 Å². The number of fused-ring (bicyclic) bond motifs is 2. The van der Waals surface area contributed by atoms with E-state index >= 15 is 0 Å². The largest absolute Gasteiger partial charge is 0.352 e. The molecule has 2 saturated carbocycles. The van der Waals surface area contributed by atoms with Crippen LogP contribution in [0.3, 0.4) is 0 Å². The standard InChI is InChI=1S/C21H36ClN3O/c1-25-15-10-11-19(25)20(16(12-15)13-6-8-14(22)9-7-13)21(26)24-18-5-3-2-4-17(18)23/h13-20H,2-12,23H2,1H3,(H,24,26)/t13?,14?,15-,16-,17?,18?,19?,20?/m1/s1. The summed E-state index contributed by atoms with van der Waals surface area (Å²) in [5.74, 6) is 1.65. The van der Waals surface area contributed by atoms with Gasteiger partial charge in [-0.05, 0) is 76.7 Å². The molecule has 4 unspecified atom stereocenters. The summed E-state index contributed by atoms with van der Waals surface area (Å²) in [6, 6.07) is 1.42. The molecule has 0 spiro atoms. The van der Waals surface area contributed by atoms with E-state index in [0.29, 0.717) is 35.2 Å². The average molecular weight is 382 g/mol. The first-order chi connectivity index (χ1) is 12.5. The van der Waals surface area contributed by atoms with Gasteiger partial charge in [-0.15, -0.1) is 11.6 Å². The van der Waals surface area contributed by atoms with E-state index in [-0.39, 0.29) is 18.0 Å². The molecule has 2 aliphatic heterocycles. The van der Waals surface area contributed by atoms with Crippen molar-refractivity contribution in [1.82, 2.24) is 10.2 Å². The summed E-state index contributed by atoms with van der Waals surface area (Å²) in [5, 5.41) is 3.75. The summed E-state index contributed by atoms with van der Waals surface area (Å²) >= 11 is 6.36. The predicted molar refractivity (Wildman–Crippen MR) is 106 cm³/mol. The van der Waals surface area contributed by atoms with Crippen molar-refractivity contribution in [3.8, 4) is 0 Å². The summed E-state index contributed by atoms with van der Waals surface area (Å²) in [6.45, 7) is 0. The van der Waals surface area contributed by atoms with Crippen LogP contribution in [0.2, 0.25) is 0 Å². The van der Waals surface area contributed by atoms with Crippen LogP contribution in [0.1, 0.15) is 70.6 Å². The van der Waals surface area contributed by atoms with Crippen LogP contribution < -0.4 is 11.1 Å². The summed E-state index contributed by atoms with van der Waals surface area (Å²) in [6.07, 6.45) is 12.8. The molecule has 4 rings (SSSR count). The zero-order chi connectivity index (χ0) is 18.3. The summed E-state index contributed by atoms with van der Waals surface area (Å²) in [7, 11) is 2.24. The molecule has 3 N–H and O–H groups in total. The lowest BCUT2D eigenvalue weighted by molar-refractivity contribution is -0.134. The van der Waals surface area contributed by atoms with Crippen LogP contribution in [-0.2, 0) is 4.79 Å². The Morgan fingerprint density at radius 1 is 1.04 bits per heavy atom. The van der Waals surface area contributed by atoms with Crippen molar-refractivity contribution in [1.29, 1.82) is 0 Å². The van der Waals surface area contributed by atoms with Gasteiger partial charge in [0.15, 0.2) is 0 Å². The van der Waals surface area contributed by atoms with E-state index in [1.165, 1.54) is 44.9 Å². The number of hydrogen-bond acceptors (Lipinski definition) is 3. The van der Waals surface area contributed by atoms with E-state index in [9.17, 15) is 4.79 Å². The predicted octanol–water partition coefficient (Wildman–Crippen LogP) is 3.27. The second-order valence-electron chi connectivity index (χ2n) is 9.46. The lowest BCUT2D eigenvalue weighted by Crippen LogP contribution is -2.58. The fourth-order valence-electron chi connectivity index (χ4n) is 6.48. The van der Waals surface area contributed by atoms with Gasteiger partial charge in [-0.25, -0.2) is 0 Å². The van der Waals surface area contributed by atoms with Gasteiger partial charge < -0.3 is 11.1 Å². The van der Waals surface area contributed by atoms with Crippen molar-refractivity contribution in [2.24, 2.45) is 23.5 Å². The number of rotatable bonds is 3. The molecule has 0 aromatic carbocycles. The Kier molecular flexibility index (Phi) is 5.83. The molecule has 5 heteroatoms. The second kappa shape index (κ2) is 7.97. The highest BCUT2D eigenvalue weighted by molar-refractivity contribution is 6.20. The SMILES string of the molecule is CN1C2CC[C@@H]1C[C@H](C1CCC(Cl)CC1)C2C(=O)NC1CCCCC1N. The minimum absolute atomic E-state index is 0.135. The number of halogens is 1. The van der Waals surface area contributed by atoms with E-state index in [0.717, 1.165) is 25.7 Å². The zero-order valence-electron chi connectivity index (χ0n) is 16.2. The maximum absolute atomic E-state index is 13.4. The number of hydrogen-bond donors (Lipinski definition) is 2. The lowest BCUT2D eigenvalue weighted by atomic mass is 9.68. The van der Waals surface area contributed by atoms with Crippen molar-refractivity contribution in [2.75, 3.05) is 7.05 Å². The third kappa shape index (κ3) is 3.66. The second-order valence-corrected chi connectivity index (χ2v) is 10.1. The molecule has 2 heterocycles. The van der Waals surface area contributed by atoms with Crippen LogP contribution in [0.25, 0.3) is 0 Å². The Hall–Kier alpha value is -0.320. The van der Waals surface area contributed by atoms with Crippen molar-refractivity contribution in [3.05, 3.63) is 0 Å². The fourth-order valence-corrected chi connectivity index (χ4v) is 6.74. The molecule has 0 aromatic heterocycles. The Labute approximate surface area is 163 Å². The molecule has 4 aliphatic rings. The van der Waals surface area contributed by atoms with Crippen LogP contribution in [0.15, 0.2) is 0 Å². The van der Waals surface area contributed by atoms with Gasteiger partial charge in [0.05, 0.1) is 5.92 Å². The average Bonchev–Trinajstić information content (AvgIpc) is 2.87. The molecule has 148 valence electrons. The minimum Gasteiger partial charge on any atom is -0.352 e. The molecular formula is C21H36ClN3O. The molecule has 0 aromatic rings. The molecular weight excluding hydrogens is 346 g/mol. The van der Waals surface area contributed by atoms with Gasteiger partial charge in [-0.2, -0.15) is 0 Å². The molecule has 1 amide bonds. The highest BCUT2D eigenvalue weighted by Gasteiger charge is 2.51. The Morgan fingerprint density at radius 2 is 1.77 bits per heavy atom. The maximum Gasteiger partial charge on any atom is 0.225 e. The summed E-state index contributed by atoms with van der Waals surface area (Å²) in [4.78, 5) is 16.0. The Morgan fingerprint density at radius 3 is 2.50 bits per heavy atom. The normalized spacial score (nSPS) is 46.9. The molecule has 26 heavy (non-hydrogen) atoms. The van der Waals surface area contributed by atoms with Crippen LogP contribution in [0.4, 0.5) is 0 Å². The first kappa shape index (κ1) is 19.0. The van der Waals surface area contributed by atoms with Gasteiger partial charge in [0.1, 0.15) is 0 Å². The first-order valence-corrected chi connectivity index (χ1v) is 11.4. The van der Waals surface area contributed by atoms with Gasteiger partial charge in [0.2, 0.25) is 5.91 Å². The third-order valence-corrected chi connectivity index (χ3v) is 8.51. The maximum atomic E-state index is 13.4. The van der Waals surface area contributed by atoms with Gasteiger partial charge in [0.25, 0.3) is 0 Å². The fraction of sp³-hybridized carbons (Fsp3) is 0.952. The Bertz CT molecular complexity index is 507. The van der Waals surface area contributed by atoms with Crippen LogP contribution in [-0.4, -0.2) is 47.4 Å². The van der Waals surface area contributed by atoms with Crippen LogP contribution >= 0.6 is 11.6 Å². The quantitative estimate of drug-likeness (QED) is 0.737. The monoisotopic (exact) mass is 381 g/mol. The number of nitrogens with two attached hydrogens (primary N) is 1. The zero-order valence-corrected chi connectivity index (χ0v) is 17.0. The van der Waals surface area contributed by atoms with Crippen molar-refractivity contribution in [2.45, 2.75) is 100 Å². The van der Waals surface area contributed by atoms with Gasteiger partial charge in [0, 0.05) is 29.5 Å². The summed E-state index contributed by atoms with van der Waals surface area (Å²) in [5.41, 5.74) is 6.31. The number of amides is 1. The van der Waals surface area contributed by atoms with E-state index in [1.807, 2.05) is 0 Å². The molecule has 2 bridgehead atoms. The molecule has 4 fully saturated rings. The smallest absolute Gasteiger partial charge is 0.225 e. The van der Waals surface area contributed by atoms with E-state index in [4.69, 9.17) is 17.3 Å². The van der Waals surface area contributed by atoms with E-state index in [1.54, 1.807) is 0 Å². The number of carbonyl (C=O) groups excluding carboxylic acids is 1. The van der Waals surface area contributed by atoms with Gasteiger partial charge in [-0.1, -0.05) is 12.8 Å². The van der Waals surface area contributed by atoms with Gasteiger partial charge in [-0.3, -0.25) is 9.69 Å². The highest BCUT2D eigenvalue weighted by atomic mass is 35.5. The van der Waals surface area contributed by atoms with Crippen LogP contribution in [0, 0.1) is 17.8 Å². The molecule has 2 saturated heterocycles. The summed E-state index contributed by atoms with van der Waals surface area (Å²) < 4.78 is 0. The third-order valence-electron chi connectivity index (χ3n) is 8.07. The van der Waals surface area contributed by atoms with E-state index < -0.39 is 0 Å². The number of carbonyl (C=O) groups is 1. The highest BCUT2D eigenvalue weighted by Crippen LogP contribution is 2.48. The van der Waals surface area contributed by atoms with Crippen molar-refractivity contribution in [3.63, 3.8) is 0 Å². The number of nitrogens with zero attached hydrogens (tertiary/aromatic N) is 1. The number of alkyl halides is 1. The van der Waals surface area contributed by atoms with Gasteiger partial charge >= 0.3 is 0 Å². The first-order valence-electron chi connectivity index (χ1n) is 11.0. The molecule has 0 radical (unpaired) electrons.